The van der Waals surface area contributed by atoms with E-state index >= 15 is 0 Å². The summed E-state index contributed by atoms with van der Waals surface area (Å²) in [7, 11) is -2.69. The molecule has 41 heavy (non-hydrogen) atoms. The molecule has 0 aliphatic carbocycles. The van der Waals surface area contributed by atoms with Crippen molar-refractivity contribution in [1.29, 1.82) is 0 Å². The molecule has 0 saturated heterocycles. The summed E-state index contributed by atoms with van der Waals surface area (Å²) in [6.45, 7) is 5.66. The number of halogens is 2. The summed E-state index contributed by atoms with van der Waals surface area (Å²) in [5.41, 5.74) is 0.842. The minimum atomic E-state index is -4.23. The van der Waals surface area contributed by atoms with Crippen molar-refractivity contribution in [3.8, 4) is 5.75 Å². The fourth-order valence-electron chi connectivity index (χ4n) is 4.24. The number of nitrogens with one attached hydrogen (secondary N) is 1. The normalized spacial score (nSPS) is 12.1. The first-order valence-electron chi connectivity index (χ1n) is 13.2. The summed E-state index contributed by atoms with van der Waals surface area (Å²) in [6, 6.07) is 18.4. The van der Waals surface area contributed by atoms with Crippen LogP contribution in [0.25, 0.3) is 0 Å². The molecule has 0 aromatic heterocycles. The average Bonchev–Trinajstić information content (AvgIpc) is 2.94. The summed E-state index contributed by atoms with van der Waals surface area (Å²) < 4.78 is 34.1. The second-order valence-corrected chi connectivity index (χ2v) is 12.6. The van der Waals surface area contributed by atoms with Gasteiger partial charge in [-0.05, 0) is 60.4 Å². The van der Waals surface area contributed by atoms with Gasteiger partial charge in [-0.3, -0.25) is 13.9 Å². The van der Waals surface area contributed by atoms with E-state index in [9.17, 15) is 18.0 Å². The molecule has 0 radical (unpaired) electrons. The lowest BCUT2D eigenvalue weighted by molar-refractivity contribution is -0.140. The number of carbonyl (C=O) groups is 2. The Morgan fingerprint density at radius 2 is 1.61 bits per heavy atom. The van der Waals surface area contributed by atoms with Gasteiger partial charge in [0.2, 0.25) is 11.8 Å². The van der Waals surface area contributed by atoms with Gasteiger partial charge in [-0.15, -0.1) is 0 Å². The van der Waals surface area contributed by atoms with Gasteiger partial charge in [-0.2, -0.15) is 0 Å². The van der Waals surface area contributed by atoms with Crippen molar-refractivity contribution >= 4 is 50.7 Å². The maximum Gasteiger partial charge on any atom is 0.264 e. The largest absolute Gasteiger partial charge is 0.497 e. The molecule has 2 amide bonds. The average molecular weight is 621 g/mol. The van der Waals surface area contributed by atoms with Crippen LogP contribution in [0.2, 0.25) is 10.0 Å². The number of rotatable bonds is 13. The highest BCUT2D eigenvalue weighted by Crippen LogP contribution is 2.30. The molecule has 1 N–H and O–H groups in total. The van der Waals surface area contributed by atoms with E-state index < -0.39 is 28.5 Å². The topological polar surface area (TPSA) is 96.0 Å². The molecule has 3 aromatic rings. The molecule has 11 heteroatoms. The molecule has 1 atom stereocenters. The Labute approximate surface area is 252 Å². The van der Waals surface area contributed by atoms with Gasteiger partial charge in [-0.1, -0.05) is 74.3 Å². The van der Waals surface area contributed by atoms with Gasteiger partial charge in [0, 0.05) is 23.1 Å². The fraction of sp³-hybridized carbons (Fsp3) is 0.333. The van der Waals surface area contributed by atoms with E-state index in [-0.39, 0.29) is 39.0 Å². The number of anilines is 1. The van der Waals surface area contributed by atoms with Crippen LogP contribution in [0.5, 0.6) is 5.75 Å². The molecule has 0 heterocycles. The number of hydrogen-bond donors (Lipinski definition) is 1. The highest BCUT2D eigenvalue weighted by atomic mass is 35.5. The van der Waals surface area contributed by atoms with Crippen molar-refractivity contribution in [1.82, 2.24) is 10.2 Å². The number of nitrogens with zero attached hydrogens (tertiary/aromatic N) is 2. The molecule has 0 aliphatic heterocycles. The quantitative estimate of drug-likeness (QED) is 0.262. The van der Waals surface area contributed by atoms with Crippen LogP contribution >= 0.6 is 23.2 Å². The van der Waals surface area contributed by atoms with Gasteiger partial charge < -0.3 is 15.0 Å². The van der Waals surface area contributed by atoms with Gasteiger partial charge in [0.1, 0.15) is 18.3 Å². The zero-order valence-corrected chi connectivity index (χ0v) is 25.8. The predicted octanol–water partition coefficient (Wildman–Crippen LogP) is 5.78. The number of carbonyl (C=O) groups excluding carboxylic acids is 2. The third-order valence-electron chi connectivity index (χ3n) is 6.30. The number of methoxy groups -OCH3 is 1. The SMILES string of the molecule is CCC(C(=O)NCC(C)C)N(Cc1cccc(OC)c1)C(=O)CN(c1cc(Cl)cc(Cl)c1)S(=O)(=O)c1ccccc1. The van der Waals surface area contributed by atoms with Crippen LogP contribution in [0.3, 0.4) is 0 Å². The maximum absolute atomic E-state index is 14.1. The van der Waals surface area contributed by atoms with Crippen molar-refractivity contribution in [2.45, 2.75) is 44.7 Å². The molecule has 3 rings (SSSR count). The summed E-state index contributed by atoms with van der Waals surface area (Å²) in [5, 5.41) is 3.33. The lowest BCUT2D eigenvalue weighted by atomic mass is 10.1. The number of hydrogen-bond acceptors (Lipinski definition) is 5. The van der Waals surface area contributed by atoms with Crippen LogP contribution in [0.15, 0.2) is 77.7 Å². The second-order valence-electron chi connectivity index (χ2n) is 9.89. The predicted molar refractivity (Wildman–Crippen MR) is 163 cm³/mol. The van der Waals surface area contributed by atoms with E-state index in [1.54, 1.807) is 50.4 Å². The van der Waals surface area contributed by atoms with Crippen molar-refractivity contribution in [3.05, 3.63) is 88.4 Å². The first kappa shape index (κ1) is 32.2. The number of benzene rings is 3. The van der Waals surface area contributed by atoms with Crippen LogP contribution < -0.4 is 14.4 Å². The summed E-state index contributed by atoms with van der Waals surface area (Å²) in [5.74, 6) is -0.0946. The van der Waals surface area contributed by atoms with Gasteiger partial charge >= 0.3 is 0 Å². The third kappa shape index (κ3) is 8.61. The monoisotopic (exact) mass is 619 g/mol. The first-order chi connectivity index (χ1) is 19.5. The minimum Gasteiger partial charge on any atom is -0.497 e. The second kappa shape index (κ2) is 14.6. The van der Waals surface area contributed by atoms with Crippen molar-refractivity contribution in [2.75, 3.05) is 24.5 Å². The van der Waals surface area contributed by atoms with Crippen molar-refractivity contribution < 1.29 is 22.7 Å². The van der Waals surface area contributed by atoms with E-state index in [0.717, 1.165) is 9.87 Å². The van der Waals surface area contributed by atoms with Gasteiger partial charge in [0.05, 0.1) is 17.7 Å². The van der Waals surface area contributed by atoms with Crippen LogP contribution in [0, 0.1) is 5.92 Å². The molecule has 0 fully saturated rings. The Kier molecular flexibility index (Phi) is 11.5. The Morgan fingerprint density at radius 1 is 0.951 bits per heavy atom. The van der Waals surface area contributed by atoms with E-state index in [1.807, 2.05) is 19.9 Å². The van der Waals surface area contributed by atoms with Crippen LogP contribution in [0.1, 0.15) is 32.8 Å². The molecule has 0 spiro atoms. The molecule has 0 bridgehead atoms. The zero-order valence-electron chi connectivity index (χ0n) is 23.5. The Bertz CT molecular complexity index is 1430. The Hall–Kier alpha value is -3.27. The van der Waals surface area contributed by atoms with E-state index in [0.29, 0.717) is 18.7 Å². The molecule has 8 nitrogen and oxygen atoms in total. The van der Waals surface area contributed by atoms with Crippen molar-refractivity contribution in [2.24, 2.45) is 5.92 Å². The van der Waals surface area contributed by atoms with Gasteiger partial charge in [0.25, 0.3) is 10.0 Å². The number of sulfonamides is 1. The van der Waals surface area contributed by atoms with Gasteiger partial charge in [-0.25, -0.2) is 8.42 Å². The Morgan fingerprint density at radius 3 is 2.20 bits per heavy atom. The fourth-order valence-corrected chi connectivity index (χ4v) is 6.17. The number of ether oxygens (including phenoxy) is 1. The maximum atomic E-state index is 14.1. The molecule has 0 saturated carbocycles. The smallest absolute Gasteiger partial charge is 0.264 e. The van der Waals surface area contributed by atoms with Gasteiger partial charge in [0.15, 0.2) is 0 Å². The third-order valence-corrected chi connectivity index (χ3v) is 8.53. The molecular formula is C30H35Cl2N3O5S. The number of amides is 2. The molecule has 3 aromatic carbocycles. The van der Waals surface area contributed by atoms with E-state index in [2.05, 4.69) is 5.32 Å². The molecule has 1 unspecified atom stereocenters. The van der Waals surface area contributed by atoms with E-state index in [1.165, 1.54) is 35.2 Å². The lowest BCUT2D eigenvalue weighted by Crippen LogP contribution is -2.52. The van der Waals surface area contributed by atoms with E-state index in [4.69, 9.17) is 27.9 Å². The highest BCUT2D eigenvalue weighted by Gasteiger charge is 2.34. The molecular weight excluding hydrogens is 585 g/mol. The summed E-state index contributed by atoms with van der Waals surface area (Å²) in [6.07, 6.45) is 0.314. The Balaban J connectivity index is 2.08. The molecule has 220 valence electrons. The van der Waals surface area contributed by atoms with Crippen LogP contribution in [0.4, 0.5) is 5.69 Å². The standard InChI is InChI=1S/C30H35Cl2N3O5S/c1-5-28(30(37)33-18-21(2)3)34(19-22-10-9-11-26(14-22)40-4)29(36)20-35(25-16-23(31)15-24(32)17-25)41(38,39)27-12-7-6-8-13-27/h6-17,21,28H,5,18-20H2,1-4H3,(H,33,37). The minimum absolute atomic E-state index is 0.00929. The first-order valence-corrected chi connectivity index (χ1v) is 15.4. The molecule has 0 aliphatic rings. The van der Waals surface area contributed by atoms with Crippen molar-refractivity contribution in [3.63, 3.8) is 0 Å². The lowest BCUT2D eigenvalue weighted by Gasteiger charge is -2.33. The van der Waals surface area contributed by atoms with Crippen LogP contribution in [-0.4, -0.2) is 51.4 Å². The highest BCUT2D eigenvalue weighted by molar-refractivity contribution is 7.92. The zero-order chi connectivity index (χ0) is 30.2. The summed E-state index contributed by atoms with van der Waals surface area (Å²) in [4.78, 5) is 28.8. The van der Waals surface area contributed by atoms with Crippen LogP contribution in [-0.2, 0) is 26.2 Å². The summed E-state index contributed by atoms with van der Waals surface area (Å²) >= 11 is 12.5.